The van der Waals surface area contributed by atoms with Crippen LogP contribution < -0.4 is 5.56 Å². The van der Waals surface area contributed by atoms with E-state index in [0.717, 1.165) is 37.7 Å². The number of carbonyl (C=O) groups is 1. The lowest BCUT2D eigenvalue weighted by atomic mass is 10.2. The minimum Gasteiger partial charge on any atom is -0.353 e. The third kappa shape index (κ3) is 4.15. The lowest BCUT2D eigenvalue weighted by Crippen LogP contribution is -2.32. The first kappa shape index (κ1) is 22.1. The standard InChI is InChI=1S/C23H22BrClN2O4S/c24-20-15-8-9-18(28)27(17-6-2-1-5-16(17)25)23(15)32-21(20)22(29)26-11-10-14(13-26)31-19-7-3-4-12-30-19/h1-2,5-6,8-9,14,19H,3-4,7,10-13H2/t14-,19?/m0/s1. The molecule has 2 aliphatic rings. The first-order chi connectivity index (χ1) is 15.5. The molecule has 3 aromatic rings. The van der Waals surface area contributed by atoms with Crippen LogP contribution in [0.3, 0.4) is 0 Å². The second-order valence-corrected chi connectivity index (χ2v) is 10.2. The number of carbonyl (C=O) groups excluding carboxylic acids is 1. The van der Waals surface area contributed by atoms with Crippen molar-refractivity contribution in [3.05, 3.63) is 61.1 Å². The van der Waals surface area contributed by atoms with Gasteiger partial charge in [0.15, 0.2) is 6.29 Å². The maximum atomic E-state index is 13.4. The van der Waals surface area contributed by atoms with Gasteiger partial charge in [0, 0.05) is 31.1 Å². The van der Waals surface area contributed by atoms with Gasteiger partial charge in [-0.15, -0.1) is 11.3 Å². The van der Waals surface area contributed by atoms with Gasteiger partial charge in [0.2, 0.25) is 0 Å². The van der Waals surface area contributed by atoms with E-state index in [1.807, 2.05) is 17.0 Å². The Labute approximate surface area is 202 Å². The predicted molar refractivity (Wildman–Crippen MR) is 129 cm³/mol. The summed E-state index contributed by atoms with van der Waals surface area (Å²) in [6.45, 7) is 1.91. The van der Waals surface area contributed by atoms with E-state index < -0.39 is 0 Å². The zero-order valence-electron chi connectivity index (χ0n) is 17.3. The number of thiophene rings is 1. The number of hydrogen-bond donors (Lipinski definition) is 0. The maximum absolute atomic E-state index is 13.4. The summed E-state index contributed by atoms with van der Waals surface area (Å²) in [6, 6.07) is 10.5. The Hall–Kier alpha value is -1.71. The highest BCUT2D eigenvalue weighted by molar-refractivity contribution is 9.10. The number of rotatable bonds is 4. The summed E-state index contributed by atoms with van der Waals surface area (Å²) < 4.78 is 14.0. The largest absolute Gasteiger partial charge is 0.353 e. The van der Waals surface area contributed by atoms with Crippen molar-refractivity contribution < 1.29 is 14.3 Å². The van der Waals surface area contributed by atoms with E-state index >= 15 is 0 Å². The van der Waals surface area contributed by atoms with Crippen LogP contribution in [0.25, 0.3) is 15.9 Å². The Morgan fingerprint density at radius 1 is 1.19 bits per heavy atom. The molecule has 5 rings (SSSR count). The molecule has 2 aliphatic heterocycles. The van der Waals surface area contributed by atoms with Crippen LogP contribution in [0.1, 0.15) is 35.4 Å². The van der Waals surface area contributed by atoms with Gasteiger partial charge >= 0.3 is 0 Å². The van der Waals surface area contributed by atoms with Gasteiger partial charge in [0.25, 0.3) is 11.5 Å². The number of pyridine rings is 1. The molecule has 0 bridgehead atoms. The fourth-order valence-corrected chi connectivity index (χ4v) is 6.50. The van der Waals surface area contributed by atoms with E-state index in [2.05, 4.69) is 15.9 Å². The van der Waals surface area contributed by atoms with Gasteiger partial charge in [0.05, 0.1) is 21.3 Å². The molecule has 0 N–H and O–H groups in total. The van der Waals surface area contributed by atoms with E-state index in [9.17, 15) is 9.59 Å². The Bertz CT molecular complexity index is 1220. The van der Waals surface area contributed by atoms with Crippen LogP contribution in [0.4, 0.5) is 0 Å². The number of halogens is 2. The molecule has 2 atom stereocenters. The predicted octanol–water partition coefficient (Wildman–Crippen LogP) is 5.23. The van der Waals surface area contributed by atoms with E-state index in [1.165, 1.54) is 17.4 Å². The zero-order chi connectivity index (χ0) is 22.2. The average Bonchev–Trinajstić information content (AvgIpc) is 3.39. The van der Waals surface area contributed by atoms with Gasteiger partial charge in [-0.2, -0.15) is 0 Å². The number of benzene rings is 1. The van der Waals surface area contributed by atoms with E-state index in [1.54, 1.807) is 22.8 Å². The summed E-state index contributed by atoms with van der Waals surface area (Å²) in [5.41, 5.74) is 0.403. The van der Waals surface area contributed by atoms with E-state index in [0.29, 0.717) is 38.0 Å². The van der Waals surface area contributed by atoms with Gasteiger partial charge < -0.3 is 14.4 Å². The van der Waals surface area contributed by atoms with Crippen molar-refractivity contribution in [3.8, 4) is 5.69 Å². The molecule has 1 amide bonds. The third-order valence-corrected chi connectivity index (χ3v) is 8.47. The molecule has 0 spiro atoms. The molecule has 32 heavy (non-hydrogen) atoms. The normalized spacial score (nSPS) is 21.4. The molecule has 2 fully saturated rings. The van der Waals surface area contributed by atoms with Crippen molar-refractivity contribution in [2.45, 2.75) is 38.1 Å². The fourth-order valence-electron chi connectivity index (χ4n) is 4.25. The average molecular weight is 538 g/mol. The maximum Gasteiger partial charge on any atom is 0.265 e. The second-order valence-electron chi connectivity index (χ2n) is 8.02. The quantitative estimate of drug-likeness (QED) is 0.457. The number of amides is 1. The topological polar surface area (TPSA) is 60.8 Å². The second kappa shape index (κ2) is 9.27. The molecule has 0 radical (unpaired) electrons. The van der Waals surface area contributed by atoms with E-state index in [4.69, 9.17) is 21.1 Å². The Balaban J connectivity index is 1.43. The Kier molecular flexibility index (Phi) is 6.40. The number of para-hydroxylation sites is 1. The molecule has 1 aromatic carbocycles. The summed E-state index contributed by atoms with van der Waals surface area (Å²) in [6.07, 6.45) is 3.71. The lowest BCUT2D eigenvalue weighted by Gasteiger charge is -2.26. The van der Waals surface area contributed by atoms with Gasteiger partial charge in [-0.3, -0.25) is 14.2 Å². The fraction of sp³-hybridized carbons (Fsp3) is 0.391. The van der Waals surface area contributed by atoms with Crippen molar-refractivity contribution in [1.82, 2.24) is 9.47 Å². The molecule has 0 saturated carbocycles. The Morgan fingerprint density at radius 3 is 2.81 bits per heavy atom. The third-order valence-electron chi connectivity index (χ3n) is 5.88. The summed E-state index contributed by atoms with van der Waals surface area (Å²) in [4.78, 5) is 29.2. The van der Waals surface area contributed by atoms with E-state index in [-0.39, 0.29) is 23.9 Å². The minimum absolute atomic E-state index is 0.0171. The number of aromatic nitrogens is 1. The van der Waals surface area contributed by atoms with Crippen LogP contribution in [-0.4, -0.2) is 47.5 Å². The number of ether oxygens (including phenoxy) is 2. The zero-order valence-corrected chi connectivity index (χ0v) is 20.4. The number of nitrogens with zero attached hydrogens (tertiary/aromatic N) is 2. The molecule has 4 heterocycles. The molecule has 0 aliphatic carbocycles. The van der Waals surface area contributed by atoms with Crippen molar-refractivity contribution in [3.63, 3.8) is 0 Å². The number of fused-ring (bicyclic) bond motifs is 1. The van der Waals surface area contributed by atoms with Crippen LogP contribution in [0.2, 0.25) is 5.02 Å². The Morgan fingerprint density at radius 2 is 2.03 bits per heavy atom. The molecule has 2 aromatic heterocycles. The molecular formula is C23H22BrClN2O4S. The summed E-state index contributed by atoms with van der Waals surface area (Å²) in [5.74, 6) is -0.0631. The SMILES string of the molecule is O=C(c1sc2c(ccc(=O)n2-c2ccccc2Cl)c1Br)N1CC[C@H](OC2CCCCO2)C1. The smallest absolute Gasteiger partial charge is 0.265 e. The first-order valence-electron chi connectivity index (χ1n) is 10.7. The summed E-state index contributed by atoms with van der Waals surface area (Å²) in [5, 5.41) is 1.28. The van der Waals surface area contributed by atoms with Crippen molar-refractivity contribution in [2.24, 2.45) is 0 Å². The number of likely N-dealkylation sites (tertiary alicyclic amines) is 1. The molecule has 6 nitrogen and oxygen atoms in total. The van der Waals surface area contributed by atoms with Crippen LogP contribution >= 0.6 is 38.9 Å². The first-order valence-corrected chi connectivity index (χ1v) is 12.7. The highest BCUT2D eigenvalue weighted by Gasteiger charge is 2.32. The van der Waals surface area contributed by atoms with Crippen molar-refractivity contribution >= 4 is 55.0 Å². The lowest BCUT2D eigenvalue weighted by molar-refractivity contribution is -0.184. The van der Waals surface area contributed by atoms with Crippen LogP contribution in [0, 0.1) is 0 Å². The van der Waals surface area contributed by atoms with Crippen LogP contribution in [0.5, 0.6) is 0 Å². The van der Waals surface area contributed by atoms with Gasteiger partial charge in [-0.1, -0.05) is 23.7 Å². The van der Waals surface area contributed by atoms with Crippen molar-refractivity contribution in [1.29, 1.82) is 0 Å². The molecule has 1 unspecified atom stereocenters. The monoisotopic (exact) mass is 536 g/mol. The van der Waals surface area contributed by atoms with Crippen LogP contribution in [0.15, 0.2) is 45.7 Å². The molecular weight excluding hydrogens is 516 g/mol. The highest BCUT2D eigenvalue weighted by atomic mass is 79.9. The van der Waals surface area contributed by atoms with Crippen molar-refractivity contribution in [2.75, 3.05) is 19.7 Å². The molecule has 9 heteroatoms. The molecule has 2 saturated heterocycles. The minimum atomic E-state index is -0.194. The highest BCUT2D eigenvalue weighted by Crippen LogP contribution is 2.38. The molecule has 168 valence electrons. The number of hydrogen-bond acceptors (Lipinski definition) is 5. The summed E-state index contributed by atoms with van der Waals surface area (Å²) in [7, 11) is 0. The summed E-state index contributed by atoms with van der Waals surface area (Å²) >= 11 is 11.3. The van der Waals surface area contributed by atoms with Gasteiger partial charge in [0.1, 0.15) is 9.71 Å². The van der Waals surface area contributed by atoms with Gasteiger partial charge in [-0.25, -0.2) is 0 Å². The van der Waals surface area contributed by atoms with Gasteiger partial charge in [-0.05, 0) is 59.8 Å². The van der Waals surface area contributed by atoms with Crippen LogP contribution in [-0.2, 0) is 9.47 Å².